The van der Waals surface area contributed by atoms with Crippen molar-refractivity contribution < 1.29 is 9.53 Å². The number of hydrogen-bond donors (Lipinski definition) is 1. The van der Waals surface area contributed by atoms with Gasteiger partial charge < -0.3 is 10.1 Å². The zero-order valence-electron chi connectivity index (χ0n) is 12.6. The number of hydrogen-bond acceptors (Lipinski definition) is 3. The SMILES string of the molecule is COc1ccc(NC(=O)CCSc2ccc(C)cc2)cc1Cl. The number of thioether (sulfide) groups is 1. The molecule has 0 aromatic heterocycles. The van der Waals surface area contributed by atoms with Crippen LogP contribution in [0.15, 0.2) is 47.4 Å². The van der Waals surface area contributed by atoms with Crippen molar-refractivity contribution in [3.05, 3.63) is 53.1 Å². The fourth-order valence-electron chi connectivity index (χ4n) is 1.86. The van der Waals surface area contributed by atoms with Crippen LogP contribution in [0.2, 0.25) is 5.02 Å². The Balaban J connectivity index is 1.80. The number of ether oxygens (including phenoxy) is 1. The van der Waals surface area contributed by atoms with E-state index in [4.69, 9.17) is 16.3 Å². The van der Waals surface area contributed by atoms with Crippen LogP contribution in [0.4, 0.5) is 5.69 Å². The van der Waals surface area contributed by atoms with Crippen LogP contribution in [0, 0.1) is 6.92 Å². The van der Waals surface area contributed by atoms with Gasteiger partial charge in [-0.3, -0.25) is 4.79 Å². The van der Waals surface area contributed by atoms with Crippen molar-refractivity contribution in [3.63, 3.8) is 0 Å². The lowest BCUT2D eigenvalue weighted by molar-refractivity contribution is -0.115. The first-order chi connectivity index (χ1) is 10.6. The van der Waals surface area contributed by atoms with E-state index in [2.05, 4.69) is 36.5 Å². The van der Waals surface area contributed by atoms with Crippen LogP contribution in [-0.2, 0) is 4.79 Å². The molecule has 5 heteroatoms. The molecule has 0 heterocycles. The monoisotopic (exact) mass is 335 g/mol. The van der Waals surface area contributed by atoms with E-state index in [1.807, 2.05) is 0 Å². The maximum Gasteiger partial charge on any atom is 0.225 e. The first-order valence-electron chi connectivity index (χ1n) is 6.91. The zero-order valence-corrected chi connectivity index (χ0v) is 14.1. The second kappa shape index (κ2) is 8.11. The minimum atomic E-state index is -0.0270. The standard InChI is InChI=1S/C17H18ClNO2S/c1-12-3-6-14(7-4-12)22-10-9-17(20)19-13-5-8-16(21-2)15(18)11-13/h3-8,11H,9-10H2,1-2H3,(H,19,20). The van der Waals surface area contributed by atoms with Crippen molar-refractivity contribution >= 4 is 35.0 Å². The summed E-state index contributed by atoms with van der Waals surface area (Å²) in [6.07, 6.45) is 0.447. The van der Waals surface area contributed by atoms with Gasteiger partial charge in [0.15, 0.2) is 0 Å². The van der Waals surface area contributed by atoms with E-state index in [1.54, 1.807) is 37.1 Å². The normalized spacial score (nSPS) is 10.3. The Morgan fingerprint density at radius 3 is 2.59 bits per heavy atom. The lowest BCUT2D eigenvalue weighted by atomic mass is 10.2. The Hall–Kier alpha value is -1.65. The summed E-state index contributed by atoms with van der Waals surface area (Å²) in [4.78, 5) is 13.1. The molecule has 116 valence electrons. The van der Waals surface area contributed by atoms with E-state index in [-0.39, 0.29) is 5.91 Å². The number of nitrogens with one attached hydrogen (secondary N) is 1. The number of amides is 1. The molecule has 3 nitrogen and oxygen atoms in total. The van der Waals surface area contributed by atoms with Crippen molar-refractivity contribution in [1.82, 2.24) is 0 Å². The molecule has 0 spiro atoms. The van der Waals surface area contributed by atoms with Gasteiger partial charge in [0.25, 0.3) is 0 Å². The predicted molar refractivity (Wildman–Crippen MR) is 93.2 cm³/mol. The third-order valence-corrected chi connectivity index (χ3v) is 4.36. The van der Waals surface area contributed by atoms with Crippen molar-refractivity contribution in [2.45, 2.75) is 18.2 Å². The maximum absolute atomic E-state index is 11.9. The molecule has 2 aromatic carbocycles. The number of methoxy groups -OCH3 is 1. The number of aryl methyl sites for hydroxylation is 1. The van der Waals surface area contributed by atoms with Gasteiger partial charge in [-0.15, -0.1) is 11.8 Å². The highest BCUT2D eigenvalue weighted by Crippen LogP contribution is 2.27. The molecule has 2 rings (SSSR count). The molecule has 0 radical (unpaired) electrons. The van der Waals surface area contributed by atoms with Gasteiger partial charge in [-0.05, 0) is 37.3 Å². The third kappa shape index (κ3) is 4.97. The number of carbonyl (C=O) groups excluding carboxylic acids is 1. The Labute approximate surface area is 140 Å². The van der Waals surface area contributed by atoms with Crippen molar-refractivity contribution in [2.75, 3.05) is 18.2 Å². The second-order valence-electron chi connectivity index (χ2n) is 4.81. The largest absolute Gasteiger partial charge is 0.495 e. The highest BCUT2D eigenvalue weighted by Gasteiger charge is 2.06. The molecule has 0 saturated carbocycles. The van der Waals surface area contributed by atoms with Crippen molar-refractivity contribution in [3.8, 4) is 5.75 Å². The number of rotatable bonds is 6. The minimum absolute atomic E-state index is 0.0270. The number of anilines is 1. The zero-order chi connectivity index (χ0) is 15.9. The average molecular weight is 336 g/mol. The summed E-state index contributed by atoms with van der Waals surface area (Å²) in [7, 11) is 1.56. The number of benzene rings is 2. The van der Waals surface area contributed by atoms with Crippen LogP contribution in [-0.4, -0.2) is 18.8 Å². The summed E-state index contributed by atoms with van der Waals surface area (Å²) in [5.41, 5.74) is 1.91. The van der Waals surface area contributed by atoms with E-state index < -0.39 is 0 Å². The summed E-state index contributed by atoms with van der Waals surface area (Å²) in [6, 6.07) is 13.5. The molecule has 0 aliphatic carbocycles. The minimum Gasteiger partial charge on any atom is -0.495 e. The quantitative estimate of drug-likeness (QED) is 0.772. The van der Waals surface area contributed by atoms with Gasteiger partial charge in [-0.1, -0.05) is 29.3 Å². The summed E-state index contributed by atoms with van der Waals surface area (Å²) < 4.78 is 5.08. The summed E-state index contributed by atoms with van der Waals surface area (Å²) in [6.45, 7) is 2.06. The number of halogens is 1. The highest BCUT2D eigenvalue weighted by atomic mass is 35.5. The lowest BCUT2D eigenvalue weighted by Gasteiger charge is -2.08. The van der Waals surface area contributed by atoms with Gasteiger partial charge >= 0.3 is 0 Å². The molecule has 0 bridgehead atoms. The van der Waals surface area contributed by atoms with Crippen molar-refractivity contribution in [2.24, 2.45) is 0 Å². The molecule has 1 amide bonds. The molecule has 0 atom stereocenters. The highest BCUT2D eigenvalue weighted by molar-refractivity contribution is 7.99. The summed E-state index contributed by atoms with van der Waals surface area (Å²) >= 11 is 7.70. The van der Waals surface area contributed by atoms with Gasteiger partial charge in [-0.2, -0.15) is 0 Å². The fraction of sp³-hybridized carbons (Fsp3) is 0.235. The van der Waals surface area contributed by atoms with E-state index in [9.17, 15) is 4.79 Å². The Morgan fingerprint density at radius 2 is 1.95 bits per heavy atom. The molecule has 0 fully saturated rings. The van der Waals surface area contributed by atoms with Gasteiger partial charge in [0.2, 0.25) is 5.91 Å². The van der Waals surface area contributed by atoms with E-state index in [1.165, 1.54) is 10.5 Å². The summed E-state index contributed by atoms with van der Waals surface area (Å²) in [5, 5.41) is 3.32. The lowest BCUT2D eigenvalue weighted by Crippen LogP contribution is -2.12. The molecular formula is C17H18ClNO2S. The van der Waals surface area contributed by atoms with Crippen molar-refractivity contribution in [1.29, 1.82) is 0 Å². The summed E-state index contributed by atoms with van der Waals surface area (Å²) in [5.74, 6) is 1.30. The van der Waals surface area contributed by atoms with Crippen LogP contribution >= 0.6 is 23.4 Å². The van der Waals surface area contributed by atoms with Gasteiger partial charge in [-0.25, -0.2) is 0 Å². The van der Waals surface area contributed by atoms with Crippen LogP contribution in [0.5, 0.6) is 5.75 Å². The molecule has 2 aromatic rings. The van der Waals surface area contributed by atoms with Crippen LogP contribution in [0.3, 0.4) is 0 Å². The molecule has 0 unspecified atom stereocenters. The fourth-order valence-corrected chi connectivity index (χ4v) is 2.97. The maximum atomic E-state index is 11.9. The topological polar surface area (TPSA) is 38.3 Å². The molecule has 0 aliphatic rings. The second-order valence-corrected chi connectivity index (χ2v) is 6.38. The van der Waals surface area contributed by atoms with E-state index in [0.717, 1.165) is 5.75 Å². The number of carbonyl (C=O) groups is 1. The molecule has 0 aliphatic heterocycles. The van der Waals surface area contributed by atoms with E-state index in [0.29, 0.717) is 22.9 Å². The average Bonchev–Trinajstić information content (AvgIpc) is 2.49. The smallest absolute Gasteiger partial charge is 0.225 e. The Morgan fingerprint density at radius 1 is 1.23 bits per heavy atom. The van der Waals surface area contributed by atoms with Crippen LogP contribution in [0.25, 0.3) is 0 Å². The molecular weight excluding hydrogens is 318 g/mol. The van der Waals surface area contributed by atoms with Gasteiger partial charge in [0.1, 0.15) is 5.75 Å². The Kier molecular flexibility index (Phi) is 6.16. The van der Waals surface area contributed by atoms with Crippen LogP contribution in [0.1, 0.15) is 12.0 Å². The predicted octanol–water partition coefficient (Wildman–Crippen LogP) is 4.78. The molecule has 0 saturated heterocycles. The van der Waals surface area contributed by atoms with E-state index >= 15 is 0 Å². The molecule has 22 heavy (non-hydrogen) atoms. The first kappa shape index (κ1) is 16.7. The molecule has 1 N–H and O–H groups in total. The Bertz CT molecular complexity index is 644. The first-order valence-corrected chi connectivity index (χ1v) is 8.27. The van der Waals surface area contributed by atoms with Gasteiger partial charge in [0.05, 0.1) is 12.1 Å². The van der Waals surface area contributed by atoms with Gasteiger partial charge in [0, 0.05) is 22.8 Å². The third-order valence-electron chi connectivity index (χ3n) is 3.05. The van der Waals surface area contributed by atoms with Crippen LogP contribution < -0.4 is 10.1 Å².